The minimum Gasteiger partial charge on any atom is -0.466 e. The van der Waals surface area contributed by atoms with Crippen LogP contribution in [0.2, 0.25) is 0 Å². The number of aliphatic hydroxyl groups is 4. The average Bonchev–Trinajstić information content (AvgIpc) is 3.06. The second-order valence-corrected chi connectivity index (χ2v) is 7.47. The summed E-state index contributed by atoms with van der Waals surface area (Å²) >= 11 is 0. The van der Waals surface area contributed by atoms with Crippen LogP contribution in [-0.4, -0.2) is 82.6 Å². The van der Waals surface area contributed by atoms with E-state index in [1.807, 2.05) is 19.1 Å². The number of ether oxygens (including phenoxy) is 1. The standard InChI is InChI=1S/C20H35NO6/c1-15-8-9-16(27-15)7-6-11-21-10-4-2-3-5-12-26-20(18(24)14-22)19(25)17(23)13-21/h8-9,17-20,22-25H,2-7,10-14H2,1H3/t17-,18-,19-,20-/m1/s1. The van der Waals surface area contributed by atoms with Crippen molar-refractivity contribution in [2.24, 2.45) is 0 Å². The Bertz CT molecular complexity index is 522. The maximum Gasteiger partial charge on any atom is 0.114 e. The number of hydrogen-bond acceptors (Lipinski definition) is 7. The zero-order valence-corrected chi connectivity index (χ0v) is 16.3. The highest BCUT2D eigenvalue weighted by atomic mass is 16.5. The molecule has 0 spiro atoms. The molecule has 0 bridgehead atoms. The quantitative estimate of drug-likeness (QED) is 0.575. The number of β-amino-alcohol motifs (C(OH)–C–C–N with tert-alkyl or cyclic N) is 1. The van der Waals surface area contributed by atoms with Crippen LogP contribution in [0.1, 0.15) is 43.6 Å². The van der Waals surface area contributed by atoms with Crippen molar-refractivity contribution in [3.05, 3.63) is 23.7 Å². The van der Waals surface area contributed by atoms with Crippen molar-refractivity contribution in [1.29, 1.82) is 0 Å². The van der Waals surface area contributed by atoms with Gasteiger partial charge < -0.3 is 34.5 Å². The zero-order valence-electron chi connectivity index (χ0n) is 16.3. The molecule has 2 rings (SSSR count). The Morgan fingerprint density at radius 3 is 2.67 bits per heavy atom. The van der Waals surface area contributed by atoms with Gasteiger partial charge in [-0.3, -0.25) is 0 Å². The maximum absolute atomic E-state index is 10.5. The molecule has 1 saturated heterocycles. The molecule has 2 heterocycles. The lowest BCUT2D eigenvalue weighted by molar-refractivity contribution is -0.146. The Kier molecular flexibility index (Phi) is 9.75. The fourth-order valence-electron chi connectivity index (χ4n) is 3.53. The van der Waals surface area contributed by atoms with Crippen LogP contribution in [0.4, 0.5) is 0 Å². The molecule has 1 aliphatic heterocycles. The van der Waals surface area contributed by atoms with Gasteiger partial charge >= 0.3 is 0 Å². The first-order valence-electron chi connectivity index (χ1n) is 10.1. The molecular weight excluding hydrogens is 350 g/mol. The van der Waals surface area contributed by atoms with Gasteiger partial charge in [0.05, 0.1) is 12.7 Å². The average molecular weight is 386 g/mol. The molecule has 0 aliphatic carbocycles. The molecule has 156 valence electrons. The van der Waals surface area contributed by atoms with E-state index in [9.17, 15) is 20.4 Å². The van der Waals surface area contributed by atoms with E-state index in [0.29, 0.717) is 13.2 Å². The topological polar surface area (TPSA) is 107 Å². The molecule has 1 fully saturated rings. The summed E-state index contributed by atoms with van der Waals surface area (Å²) in [5.74, 6) is 1.87. The highest BCUT2D eigenvalue weighted by Gasteiger charge is 2.33. The van der Waals surface area contributed by atoms with Crippen LogP contribution >= 0.6 is 0 Å². The first-order chi connectivity index (χ1) is 13.0. The Labute approximate surface area is 161 Å². The van der Waals surface area contributed by atoms with Gasteiger partial charge in [-0.15, -0.1) is 0 Å². The molecule has 1 aromatic rings. The monoisotopic (exact) mass is 385 g/mol. The fraction of sp³-hybridized carbons (Fsp3) is 0.800. The van der Waals surface area contributed by atoms with E-state index in [2.05, 4.69) is 4.90 Å². The van der Waals surface area contributed by atoms with E-state index in [-0.39, 0.29) is 0 Å². The molecule has 0 unspecified atom stereocenters. The van der Waals surface area contributed by atoms with E-state index in [4.69, 9.17) is 9.15 Å². The van der Waals surface area contributed by atoms with Crippen LogP contribution in [-0.2, 0) is 11.2 Å². The summed E-state index contributed by atoms with van der Waals surface area (Å²) in [6.07, 6.45) is 1.17. The largest absolute Gasteiger partial charge is 0.466 e. The van der Waals surface area contributed by atoms with Gasteiger partial charge in [0.25, 0.3) is 0 Å². The minimum absolute atomic E-state index is 0.302. The second kappa shape index (κ2) is 11.8. The molecule has 7 heteroatoms. The number of aliphatic hydroxyl groups excluding tert-OH is 4. The molecule has 0 aromatic carbocycles. The van der Waals surface area contributed by atoms with Gasteiger partial charge in [-0.1, -0.05) is 12.8 Å². The van der Waals surface area contributed by atoms with E-state index in [0.717, 1.165) is 63.1 Å². The summed E-state index contributed by atoms with van der Waals surface area (Å²) in [5.41, 5.74) is 0. The Balaban J connectivity index is 1.92. The molecular formula is C20H35NO6. The highest BCUT2D eigenvalue weighted by molar-refractivity contribution is 5.05. The summed E-state index contributed by atoms with van der Waals surface area (Å²) in [7, 11) is 0. The smallest absolute Gasteiger partial charge is 0.114 e. The van der Waals surface area contributed by atoms with Crippen LogP contribution in [0.15, 0.2) is 16.5 Å². The normalized spacial score (nSPS) is 27.7. The summed E-state index contributed by atoms with van der Waals surface area (Å²) in [6.45, 7) is 3.76. The summed E-state index contributed by atoms with van der Waals surface area (Å²) in [6, 6.07) is 3.95. The SMILES string of the molecule is Cc1ccc(CCCN2CCCCCCO[C@H]([C@H](O)CO)[C@H](O)[C@H](O)C2)o1. The van der Waals surface area contributed by atoms with Gasteiger partial charge in [0.2, 0.25) is 0 Å². The minimum atomic E-state index is -1.25. The molecule has 7 nitrogen and oxygen atoms in total. The van der Waals surface area contributed by atoms with Gasteiger partial charge in [-0.2, -0.15) is 0 Å². The first-order valence-corrected chi connectivity index (χ1v) is 10.1. The van der Waals surface area contributed by atoms with Gasteiger partial charge in [0, 0.05) is 19.6 Å². The van der Waals surface area contributed by atoms with Crippen molar-refractivity contribution in [1.82, 2.24) is 4.90 Å². The fourth-order valence-corrected chi connectivity index (χ4v) is 3.53. The lowest BCUT2D eigenvalue weighted by Crippen LogP contribution is -2.51. The second-order valence-electron chi connectivity index (χ2n) is 7.47. The van der Waals surface area contributed by atoms with Crippen LogP contribution in [0.3, 0.4) is 0 Å². The zero-order chi connectivity index (χ0) is 19.6. The summed E-state index contributed by atoms with van der Waals surface area (Å²) in [4.78, 5) is 2.15. The van der Waals surface area contributed by atoms with Crippen LogP contribution in [0.5, 0.6) is 0 Å². The van der Waals surface area contributed by atoms with Crippen LogP contribution in [0, 0.1) is 6.92 Å². The predicted octanol–water partition coefficient (Wildman–Crippen LogP) is 0.857. The van der Waals surface area contributed by atoms with E-state index in [1.165, 1.54) is 0 Å². The van der Waals surface area contributed by atoms with Gasteiger partial charge in [0.15, 0.2) is 0 Å². The number of rotatable bonds is 6. The van der Waals surface area contributed by atoms with E-state index >= 15 is 0 Å². The lowest BCUT2D eigenvalue weighted by Gasteiger charge is -2.33. The van der Waals surface area contributed by atoms with Gasteiger partial charge in [0.1, 0.15) is 29.8 Å². The Hall–Kier alpha value is -0.960. The van der Waals surface area contributed by atoms with E-state index < -0.39 is 31.0 Å². The van der Waals surface area contributed by atoms with Gasteiger partial charge in [-0.25, -0.2) is 0 Å². The van der Waals surface area contributed by atoms with E-state index in [1.54, 1.807) is 0 Å². The molecule has 0 radical (unpaired) electrons. The summed E-state index contributed by atoms with van der Waals surface area (Å²) in [5, 5.41) is 40.1. The molecule has 0 amide bonds. The molecule has 4 N–H and O–H groups in total. The van der Waals surface area contributed by atoms with Crippen molar-refractivity contribution in [2.75, 3.05) is 32.8 Å². The van der Waals surface area contributed by atoms with Crippen molar-refractivity contribution in [2.45, 2.75) is 69.9 Å². The maximum atomic E-state index is 10.5. The lowest BCUT2D eigenvalue weighted by atomic mass is 10.0. The molecule has 4 atom stereocenters. The third-order valence-electron chi connectivity index (χ3n) is 5.11. The first kappa shape index (κ1) is 22.3. The molecule has 0 saturated carbocycles. The number of hydrogen-bond donors (Lipinski definition) is 4. The van der Waals surface area contributed by atoms with Gasteiger partial charge in [-0.05, 0) is 51.4 Å². The Morgan fingerprint density at radius 2 is 1.96 bits per heavy atom. The highest BCUT2D eigenvalue weighted by Crippen LogP contribution is 2.15. The molecule has 1 aromatic heterocycles. The van der Waals surface area contributed by atoms with Crippen LogP contribution in [0.25, 0.3) is 0 Å². The Morgan fingerprint density at radius 1 is 1.19 bits per heavy atom. The summed E-state index contributed by atoms with van der Waals surface area (Å²) < 4.78 is 11.2. The van der Waals surface area contributed by atoms with Crippen molar-refractivity contribution in [3.8, 4) is 0 Å². The third-order valence-corrected chi connectivity index (χ3v) is 5.11. The number of aryl methyl sites for hydroxylation is 2. The molecule has 1 aliphatic rings. The molecule has 27 heavy (non-hydrogen) atoms. The van der Waals surface area contributed by atoms with Crippen molar-refractivity contribution >= 4 is 0 Å². The van der Waals surface area contributed by atoms with Crippen LogP contribution < -0.4 is 0 Å². The third kappa shape index (κ3) is 7.52. The number of nitrogens with zero attached hydrogens (tertiary/aromatic N) is 1. The predicted molar refractivity (Wildman–Crippen MR) is 102 cm³/mol. The number of furan rings is 1. The van der Waals surface area contributed by atoms with Crippen molar-refractivity contribution in [3.63, 3.8) is 0 Å². The van der Waals surface area contributed by atoms with Crippen molar-refractivity contribution < 1.29 is 29.6 Å².